The Labute approximate surface area is 140 Å². The standard InChI is InChI=1S/C17H20ClNO4/c18-13-7-5-12(6-8-13)15(20)9-10-17(22)23-11-16(21)19-14-3-1-2-4-14/h5-8,14H,1-4,9-11H2,(H,19,21). The van der Waals surface area contributed by atoms with Crippen LogP contribution in [0.5, 0.6) is 0 Å². The lowest BCUT2D eigenvalue weighted by Crippen LogP contribution is -2.35. The lowest BCUT2D eigenvalue weighted by atomic mass is 10.1. The van der Waals surface area contributed by atoms with E-state index in [-0.39, 0.29) is 37.2 Å². The van der Waals surface area contributed by atoms with Crippen LogP contribution in [0, 0.1) is 0 Å². The third-order valence-electron chi connectivity index (χ3n) is 3.81. The summed E-state index contributed by atoms with van der Waals surface area (Å²) in [4.78, 5) is 35.1. The van der Waals surface area contributed by atoms with Crippen molar-refractivity contribution in [3.63, 3.8) is 0 Å². The van der Waals surface area contributed by atoms with E-state index in [4.69, 9.17) is 16.3 Å². The van der Waals surface area contributed by atoms with Crippen LogP contribution in [0.3, 0.4) is 0 Å². The molecule has 0 spiro atoms. The molecule has 1 aromatic rings. The largest absolute Gasteiger partial charge is 0.456 e. The molecular formula is C17H20ClNO4. The predicted molar refractivity (Wildman–Crippen MR) is 86.4 cm³/mol. The molecule has 0 saturated heterocycles. The van der Waals surface area contributed by atoms with E-state index in [9.17, 15) is 14.4 Å². The fraction of sp³-hybridized carbons (Fsp3) is 0.471. The van der Waals surface area contributed by atoms with Gasteiger partial charge in [0.05, 0.1) is 6.42 Å². The number of rotatable bonds is 7. The van der Waals surface area contributed by atoms with Gasteiger partial charge in [-0.1, -0.05) is 24.4 Å². The van der Waals surface area contributed by atoms with Gasteiger partial charge < -0.3 is 10.1 Å². The lowest BCUT2D eigenvalue weighted by Gasteiger charge is -2.11. The number of halogens is 1. The van der Waals surface area contributed by atoms with Gasteiger partial charge in [0.25, 0.3) is 5.91 Å². The van der Waals surface area contributed by atoms with E-state index in [0.717, 1.165) is 25.7 Å². The number of carbonyl (C=O) groups is 3. The number of ether oxygens (including phenoxy) is 1. The Kier molecular flexibility index (Phi) is 6.59. The maximum atomic E-state index is 11.9. The molecule has 124 valence electrons. The summed E-state index contributed by atoms with van der Waals surface area (Å²) < 4.78 is 4.90. The molecule has 5 nitrogen and oxygen atoms in total. The zero-order valence-electron chi connectivity index (χ0n) is 12.8. The monoisotopic (exact) mass is 337 g/mol. The number of Topliss-reactive ketones (excluding diaryl/α,β-unsaturated/α-hetero) is 1. The second-order valence-electron chi connectivity index (χ2n) is 5.64. The van der Waals surface area contributed by atoms with Crippen LogP contribution < -0.4 is 5.32 Å². The fourth-order valence-corrected chi connectivity index (χ4v) is 2.68. The maximum absolute atomic E-state index is 11.9. The molecule has 0 unspecified atom stereocenters. The number of amides is 1. The maximum Gasteiger partial charge on any atom is 0.306 e. The number of hydrogen-bond donors (Lipinski definition) is 1. The van der Waals surface area contributed by atoms with Crippen LogP contribution in [-0.2, 0) is 14.3 Å². The zero-order valence-corrected chi connectivity index (χ0v) is 13.6. The zero-order chi connectivity index (χ0) is 16.7. The molecule has 1 saturated carbocycles. The van der Waals surface area contributed by atoms with E-state index < -0.39 is 5.97 Å². The van der Waals surface area contributed by atoms with Crippen LogP contribution in [0.4, 0.5) is 0 Å². The van der Waals surface area contributed by atoms with E-state index in [2.05, 4.69) is 5.32 Å². The summed E-state index contributed by atoms with van der Waals surface area (Å²) in [6.07, 6.45) is 4.21. The topological polar surface area (TPSA) is 72.5 Å². The van der Waals surface area contributed by atoms with E-state index >= 15 is 0 Å². The molecule has 1 aliphatic rings. The highest BCUT2D eigenvalue weighted by atomic mass is 35.5. The van der Waals surface area contributed by atoms with Crippen molar-refractivity contribution in [2.45, 2.75) is 44.6 Å². The Morgan fingerprint density at radius 1 is 1.09 bits per heavy atom. The Morgan fingerprint density at radius 3 is 2.39 bits per heavy atom. The summed E-state index contributed by atoms with van der Waals surface area (Å²) in [5, 5.41) is 3.38. The molecule has 0 aliphatic heterocycles. The van der Waals surface area contributed by atoms with Crippen molar-refractivity contribution in [3.05, 3.63) is 34.9 Å². The van der Waals surface area contributed by atoms with E-state index in [1.807, 2.05) is 0 Å². The summed E-state index contributed by atoms with van der Waals surface area (Å²) in [7, 11) is 0. The Hall–Kier alpha value is -1.88. The first-order chi connectivity index (χ1) is 11.0. The minimum absolute atomic E-state index is 0.0435. The first-order valence-electron chi connectivity index (χ1n) is 7.78. The molecule has 2 rings (SSSR count). The first kappa shape index (κ1) is 17.5. The number of benzene rings is 1. The highest BCUT2D eigenvalue weighted by Crippen LogP contribution is 2.17. The normalized spacial score (nSPS) is 14.5. The fourth-order valence-electron chi connectivity index (χ4n) is 2.55. The SMILES string of the molecule is O=C(COC(=O)CCC(=O)c1ccc(Cl)cc1)NC1CCCC1. The number of nitrogens with one attached hydrogen (secondary N) is 1. The van der Waals surface area contributed by atoms with E-state index in [0.29, 0.717) is 10.6 Å². The van der Waals surface area contributed by atoms with Crippen molar-refractivity contribution >= 4 is 29.3 Å². The molecule has 0 atom stereocenters. The van der Waals surface area contributed by atoms with Crippen molar-refractivity contribution in [3.8, 4) is 0 Å². The minimum Gasteiger partial charge on any atom is -0.456 e. The molecule has 1 amide bonds. The van der Waals surface area contributed by atoms with Gasteiger partial charge in [0.1, 0.15) is 0 Å². The molecule has 1 aliphatic carbocycles. The molecule has 1 N–H and O–H groups in total. The molecule has 23 heavy (non-hydrogen) atoms. The molecular weight excluding hydrogens is 318 g/mol. The van der Waals surface area contributed by atoms with E-state index in [1.54, 1.807) is 24.3 Å². The minimum atomic E-state index is -0.547. The Balaban J connectivity index is 1.65. The Bertz CT molecular complexity index is 564. The number of hydrogen-bond acceptors (Lipinski definition) is 4. The lowest BCUT2D eigenvalue weighted by molar-refractivity contribution is -0.148. The van der Waals surface area contributed by atoms with Crippen molar-refractivity contribution in [1.82, 2.24) is 5.32 Å². The van der Waals surface area contributed by atoms with Gasteiger partial charge in [-0.2, -0.15) is 0 Å². The molecule has 1 aromatic carbocycles. The summed E-state index contributed by atoms with van der Waals surface area (Å²) in [6, 6.07) is 6.68. The van der Waals surface area contributed by atoms with Crippen LogP contribution in [0.2, 0.25) is 5.02 Å². The van der Waals surface area contributed by atoms with Crippen molar-refractivity contribution in [1.29, 1.82) is 0 Å². The van der Waals surface area contributed by atoms with Gasteiger partial charge in [-0.05, 0) is 37.1 Å². The van der Waals surface area contributed by atoms with Gasteiger partial charge in [0, 0.05) is 23.0 Å². The van der Waals surface area contributed by atoms with E-state index in [1.165, 1.54) is 0 Å². The average Bonchev–Trinajstić information content (AvgIpc) is 3.04. The quantitative estimate of drug-likeness (QED) is 0.613. The van der Waals surface area contributed by atoms with Gasteiger partial charge in [-0.25, -0.2) is 0 Å². The van der Waals surface area contributed by atoms with Crippen molar-refractivity contribution < 1.29 is 19.1 Å². The second-order valence-corrected chi connectivity index (χ2v) is 6.08. The smallest absolute Gasteiger partial charge is 0.306 e. The predicted octanol–water partition coefficient (Wildman–Crippen LogP) is 2.90. The van der Waals surface area contributed by atoms with Gasteiger partial charge >= 0.3 is 5.97 Å². The number of ketones is 1. The van der Waals surface area contributed by atoms with Crippen LogP contribution in [0.1, 0.15) is 48.9 Å². The summed E-state index contributed by atoms with van der Waals surface area (Å²) in [5.74, 6) is -0.989. The molecule has 1 fully saturated rings. The highest BCUT2D eigenvalue weighted by molar-refractivity contribution is 6.30. The van der Waals surface area contributed by atoms with Crippen LogP contribution in [0.15, 0.2) is 24.3 Å². The first-order valence-corrected chi connectivity index (χ1v) is 8.16. The number of esters is 1. The van der Waals surface area contributed by atoms with Gasteiger partial charge in [0.2, 0.25) is 0 Å². The van der Waals surface area contributed by atoms with Gasteiger partial charge in [0.15, 0.2) is 12.4 Å². The van der Waals surface area contributed by atoms with Crippen LogP contribution in [-0.4, -0.2) is 30.3 Å². The van der Waals surface area contributed by atoms with Crippen LogP contribution in [0.25, 0.3) is 0 Å². The molecule has 0 radical (unpaired) electrons. The second kappa shape index (κ2) is 8.67. The summed E-state index contributed by atoms with van der Waals surface area (Å²) >= 11 is 5.75. The number of carbonyl (C=O) groups excluding carboxylic acids is 3. The van der Waals surface area contributed by atoms with Crippen LogP contribution >= 0.6 is 11.6 Å². The third-order valence-corrected chi connectivity index (χ3v) is 4.06. The molecule has 6 heteroatoms. The molecule has 0 aromatic heterocycles. The average molecular weight is 338 g/mol. The summed E-state index contributed by atoms with van der Waals surface area (Å²) in [5.41, 5.74) is 0.501. The Morgan fingerprint density at radius 2 is 1.74 bits per heavy atom. The molecule has 0 heterocycles. The highest BCUT2D eigenvalue weighted by Gasteiger charge is 2.18. The van der Waals surface area contributed by atoms with Crippen molar-refractivity contribution in [2.24, 2.45) is 0 Å². The van der Waals surface area contributed by atoms with Gasteiger partial charge in [-0.3, -0.25) is 14.4 Å². The third kappa shape index (κ3) is 6.02. The van der Waals surface area contributed by atoms with Gasteiger partial charge in [-0.15, -0.1) is 0 Å². The summed E-state index contributed by atoms with van der Waals surface area (Å²) in [6.45, 7) is -0.287. The van der Waals surface area contributed by atoms with Crippen molar-refractivity contribution in [2.75, 3.05) is 6.61 Å². The molecule has 0 bridgehead atoms.